The van der Waals surface area contributed by atoms with Gasteiger partial charge in [0.2, 0.25) is 0 Å². The lowest BCUT2D eigenvalue weighted by Gasteiger charge is -2.38. The minimum Gasteiger partial charge on any atom is -0.495 e. The molecule has 0 radical (unpaired) electrons. The molecule has 0 amide bonds. The lowest BCUT2D eigenvalue weighted by molar-refractivity contribution is -0.385. The van der Waals surface area contributed by atoms with Gasteiger partial charge < -0.3 is 10.1 Å². The van der Waals surface area contributed by atoms with E-state index in [1.54, 1.807) is 13.2 Å². The molecule has 2 aliphatic rings. The normalized spacial score (nSPS) is 23.5. The van der Waals surface area contributed by atoms with Crippen LogP contribution in [0, 0.1) is 16.0 Å². The van der Waals surface area contributed by atoms with Crippen LogP contribution in [0.1, 0.15) is 29.5 Å². The second-order valence-electron chi connectivity index (χ2n) is 6.33. The second kappa shape index (κ2) is 6.08. The number of nitro groups is 1. The SMILES string of the molecule is COc1ccc([N+](=O)[O-])c2c1N[C@H](c1ccccc1Cl)[C@@H]1CC=C[C@@H]21. The Morgan fingerprint density at radius 3 is 2.80 bits per heavy atom. The highest BCUT2D eigenvalue weighted by Crippen LogP contribution is 2.55. The highest BCUT2D eigenvalue weighted by molar-refractivity contribution is 6.31. The van der Waals surface area contributed by atoms with Gasteiger partial charge in [-0.25, -0.2) is 0 Å². The molecule has 5 nitrogen and oxygen atoms in total. The van der Waals surface area contributed by atoms with Crippen LogP contribution >= 0.6 is 11.6 Å². The van der Waals surface area contributed by atoms with Gasteiger partial charge in [0, 0.05) is 17.0 Å². The first-order valence-corrected chi connectivity index (χ1v) is 8.52. The summed E-state index contributed by atoms with van der Waals surface area (Å²) in [6, 6.07) is 10.9. The van der Waals surface area contributed by atoms with Crippen molar-refractivity contribution in [2.75, 3.05) is 12.4 Å². The van der Waals surface area contributed by atoms with Gasteiger partial charge in [-0.05, 0) is 30.0 Å². The molecule has 2 aromatic rings. The highest BCUT2D eigenvalue weighted by atomic mass is 35.5. The number of hydrogen-bond acceptors (Lipinski definition) is 4. The van der Waals surface area contributed by atoms with Crippen LogP contribution in [0.15, 0.2) is 48.6 Å². The third-order valence-corrected chi connectivity index (χ3v) is 5.46. The molecule has 0 bridgehead atoms. The van der Waals surface area contributed by atoms with E-state index in [1.165, 1.54) is 6.07 Å². The number of allylic oxidation sites excluding steroid dienone is 2. The van der Waals surface area contributed by atoms with Crippen LogP contribution in [0.5, 0.6) is 5.75 Å². The van der Waals surface area contributed by atoms with Gasteiger partial charge in [-0.3, -0.25) is 10.1 Å². The van der Waals surface area contributed by atoms with Crippen molar-refractivity contribution < 1.29 is 9.66 Å². The van der Waals surface area contributed by atoms with Crippen molar-refractivity contribution in [3.05, 3.63) is 74.8 Å². The van der Waals surface area contributed by atoms with Gasteiger partial charge >= 0.3 is 0 Å². The van der Waals surface area contributed by atoms with Gasteiger partial charge in [0.15, 0.2) is 0 Å². The molecular formula is C19H17ClN2O3. The van der Waals surface area contributed by atoms with Crippen molar-refractivity contribution in [3.63, 3.8) is 0 Å². The summed E-state index contributed by atoms with van der Waals surface area (Å²) in [5.41, 5.74) is 2.52. The second-order valence-corrected chi connectivity index (χ2v) is 6.74. The highest BCUT2D eigenvalue weighted by Gasteiger charge is 2.43. The molecule has 0 saturated heterocycles. The number of nitrogens with one attached hydrogen (secondary N) is 1. The molecule has 0 aromatic heterocycles. The Morgan fingerprint density at radius 1 is 1.28 bits per heavy atom. The van der Waals surface area contributed by atoms with Gasteiger partial charge in [-0.2, -0.15) is 0 Å². The van der Waals surface area contributed by atoms with E-state index in [-0.39, 0.29) is 28.5 Å². The molecule has 3 atom stereocenters. The molecule has 1 N–H and O–H groups in total. The maximum absolute atomic E-state index is 11.6. The Balaban J connectivity index is 1.91. The fourth-order valence-corrected chi connectivity index (χ4v) is 4.28. The summed E-state index contributed by atoms with van der Waals surface area (Å²) in [7, 11) is 1.57. The number of fused-ring (bicyclic) bond motifs is 3. The van der Waals surface area contributed by atoms with E-state index in [2.05, 4.69) is 17.5 Å². The third kappa shape index (κ3) is 2.46. The van der Waals surface area contributed by atoms with Crippen molar-refractivity contribution in [2.45, 2.75) is 18.4 Å². The smallest absolute Gasteiger partial charge is 0.275 e. The summed E-state index contributed by atoms with van der Waals surface area (Å²) in [5, 5.41) is 15.7. The Morgan fingerprint density at radius 2 is 2.08 bits per heavy atom. The van der Waals surface area contributed by atoms with Crippen molar-refractivity contribution in [2.24, 2.45) is 5.92 Å². The lowest BCUT2D eigenvalue weighted by Crippen LogP contribution is -2.30. The summed E-state index contributed by atoms with van der Waals surface area (Å²) in [6.07, 6.45) is 5.02. The van der Waals surface area contributed by atoms with E-state index >= 15 is 0 Å². The number of benzene rings is 2. The average molecular weight is 357 g/mol. The van der Waals surface area contributed by atoms with E-state index in [0.29, 0.717) is 22.0 Å². The molecule has 1 aliphatic heterocycles. The van der Waals surface area contributed by atoms with Crippen molar-refractivity contribution in [1.29, 1.82) is 0 Å². The van der Waals surface area contributed by atoms with Gasteiger partial charge in [-0.15, -0.1) is 0 Å². The van der Waals surface area contributed by atoms with E-state index < -0.39 is 0 Å². The number of anilines is 1. The van der Waals surface area contributed by atoms with Crippen molar-refractivity contribution in [3.8, 4) is 5.75 Å². The maximum atomic E-state index is 11.6. The van der Waals surface area contributed by atoms with Crippen LogP contribution in [0.2, 0.25) is 5.02 Å². The Labute approximate surface area is 150 Å². The van der Waals surface area contributed by atoms with Crippen LogP contribution < -0.4 is 10.1 Å². The first-order chi connectivity index (χ1) is 12.1. The number of methoxy groups -OCH3 is 1. The number of nitrogens with zero attached hydrogens (tertiary/aromatic N) is 1. The largest absolute Gasteiger partial charge is 0.495 e. The topological polar surface area (TPSA) is 64.4 Å². The van der Waals surface area contributed by atoms with Gasteiger partial charge in [-0.1, -0.05) is 42.0 Å². The number of halogens is 1. The van der Waals surface area contributed by atoms with E-state index in [4.69, 9.17) is 16.3 Å². The first-order valence-electron chi connectivity index (χ1n) is 8.14. The zero-order chi connectivity index (χ0) is 17.6. The Kier molecular flexibility index (Phi) is 3.88. The summed E-state index contributed by atoms with van der Waals surface area (Å²) in [4.78, 5) is 11.2. The van der Waals surface area contributed by atoms with Crippen LogP contribution in [-0.4, -0.2) is 12.0 Å². The van der Waals surface area contributed by atoms with Crippen LogP contribution in [-0.2, 0) is 0 Å². The van der Waals surface area contributed by atoms with Gasteiger partial charge in [0.05, 0.1) is 29.3 Å². The molecule has 25 heavy (non-hydrogen) atoms. The Bertz CT molecular complexity index is 881. The predicted molar refractivity (Wildman–Crippen MR) is 97.5 cm³/mol. The molecule has 0 spiro atoms. The maximum Gasteiger partial charge on any atom is 0.275 e. The van der Waals surface area contributed by atoms with Crippen molar-refractivity contribution >= 4 is 23.0 Å². The number of ether oxygens (including phenoxy) is 1. The third-order valence-electron chi connectivity index (χ3n) is 5.12. The van der Waals surface area contributed by atoms with Gasteiger partial charge in [0.1, 0.15) is 5.75 Å². The molecule has 0 unspecified atom stereocenters. The standard InChI is InChI=1S/C19H17ClN2O3/c1-25-16-10-9-15(22(23)24)17-11-6-4-7-12(11)18(21-19(16)17)13-5-2-3-8-14(13)20/h2-6,8-12,18,21H,7H2,1H3/t11-,12-,18+/m1/s1. The molecular weight excluding hydrogens is 340 g/mol. The molecule has 1 heterocycles. The monoisotopic (exact) mass is 356 g/mol. The minimum absolute atomic E-state index is 0.0305. The van der Waals surface area contributed by atoms with E-state index in [1.807, 2.05) is 24.3 Å². The number of rotatable bonds is 3. The molecule has 6 heteroatoms. The summed E-state index contributed by atoms with van der Waals surface area (Å²) < 4.78 is 5.47. The molecule has 0 saturated carbocycles. The summed E-state index contributed by atoms with van der Waals surface area (Å²) >= 11 is 6.43. The molecule has 1 aliphatic carbocycles. The van der Waals surface area contributed by atoms with E-state index in [9.17, 15) is 10.1 Å². The van der Waals surface area contributed by atoms with E-state index in [0.717, 1.165) is 12.0 Å². The quantitative estimate of drug-likeness (QED) is 0.473. The lowest BCUT2D eigenvalue weighted by atomic mass is 9.76. The van der Waals surface area contributed by atoms with Gasteiger partial charge in [0.25, 0.3) is 5.69 Å². The number of nitro benzene ring substituents is 1. The molecule has 128 valence electrons. The Hall–Kier alpha value is -2.53. The molecule has 2 aromatic carbocycles. The summed E-state index contributed by atoms with van der Waals surface area (Å²) in [6.45, 7) is 0. The first kappa shape index (κ1) is 16.0. The minimum atomic E-state index is -0.320. The molecule has 0 fully saturated rings. The fourth-order valence-electron chi connectivity index (χ4n) is 4.03. The predicted octanol–water partition coefficient (Wildman–Crippen LogP) is 5.08. The van der Waals surface area contributed by atoms with Crippen LogP contribution in [0.25, 0.3) is 0 Å². The summed E-state index contributed by atoms with van der Waals surface area (Å²) in [5.74, 6) is 0.752. The number of hydrogen-bond donors (Lipinski definition) is 1. The average Bonchev–Trinajstić information content (AvgIpc) is 3.10. The zero-order valence-electron chi connectivity index (χ0n) is 13.6. The van der Waals surface area contributed by atoms with Crippen LogP contribution in [0.4, 0.5) is 11.4 Å². The zero-order valence-corrected chi connectivity index (χ0v) is 14.4. The van der Waals surface area contributed by atoms with Crippen LogP contribution in [0.3, 0.4) is 0 Å². The fraction of sp³-hybridized carbons (Fsp3) is 0.263. The molecule has 4 rings (SSSR count). The van der Waals surface area contributed by atoms with Crippen molar-refractivity contribution in [1.82, 2.24) is 0 Å².